The Morgan fingerprint density at radius 2 is 1.74 bits per heavy atom. The summed E-state index contributed by atoms with van der Waals surface area (Å²) in [7, 11) is 0. The van der Waals surface area contributed by atoms with E-state index >= 15 is 0 Å². The number of pyridine rings is 1. The minimum Gasteiger partial charge on any atom is -0.379 e. The quantitative estimate of drug-likeness (QED) is 0.173. The molecule has 1 aliphatic heterocycles. The summed E-state index contributed by atoms with van der Waals surface area (Å²) in [5.41, 5.74) is 6.75. The van der Waals surface area contributed by atoms with Gasteiger partial charge >= 0.3 is 0 Å². The van der Waals surface area contributed by atoms with E-state index in [1.54, 1.807) is 6.20 Å². The maximum atomic E-state index is 9.97. The predicted octanol–water partition coefficient (Wildman–Crippen LogP) is 8.56. The van der Waals surface area contributed by atoms with Gasteiger partial charge in [0.1, 0.15) is 11.8 Å². The highest BCUT2D eigenvalue weighted by Gasteiger charge is 2.29. The van der Waals surface area contributed by atoms with Crippen molar-refractivity contribution in [1.29, 1.82) is 5.26 Å². The van der Waals surface area contributed by atoms with Crippen LogP contribution in [0.25, 0.3) is 10.9 Å². The number of aromatic nitrogens is 4. The Bertz CT molecular complexity index is 1860. The van der Waals surface area contributed by atoms with Gasteiger partial charge in [-0.3, -0.25) is 9.88 Å². The van der Waals surface area contributed by atoms with Crippen LogP contribution in [0.2, 0.25) is 10.0 Å². The number of nitrogens with zero attached hydrogens (tertiary/aromatic N) is 6. The molecular weight excluding hydrogens is 615 g/mol. The number of aryl methyl sites for hydroxylation is 1. The maximum Gasteiger partial charge on any atom is 0.109 e. The van der Waals surface area contributed by atoms with E-state index in [2.05, 4.69) is 95.1 Å². The first-order valence-electron chi connectivity index (χ1n) is 15.6. The second-order valence-electron chi connectivity index (χ2n) is 13.0. The van der Waals surface area contributed by atoms with Crippen LogP contribution in [0.5, 0.6) is 0 Å². The first-order chi connectivity index (χ1) is 22.1. The molecule has 0 saturated carbocycles. The summed E-state index contributed by atoms with van der Waals surface area (Å²) in [6.45, 7) is 11.5. The minimum absolute atomic E-state index is 0.156. The fraction of sp³-hybridized carbons (Fsp3) is 0.333. The number of hydrogen-bond donors (Lipinski definition) is 2. The van der Waals surface area contributed by atoms with E-state index in [1.165, 1.54) is 5.56 Å². The van der Waals surface area contributed by atoms with Crippen molar-refractivity contribution in [3.05, 3.63) is 111 Å². The highest BCUT2D eigenvalue weighted by Crippen LogP contribution is 2.36. The highest BCUT2D eigenvalue weighted by molar-refractivity contribution is 6.36. The lowest BCUT2D eigenvalue weighted by Gasteiger charge is -2.40. The van der Waals surface area contributed by atoms with Gasteiger partial charge < -0.3 is 10.6 Å². The Balaban J connectivity index is 1.33. The lowest BCUT2D eigenvalue weighted by molar-refractivity contribution is 0.0866. The van der Waals surface area contributed by atoms with Crippen LogP contribution >= 0.6 is 23.2 Å². The van der Waals surface area contributed by atoms with Crippen molar-refractivity contribution >= 4 is 45.5 Å². The number of fused-ring (bicyclic) bond motifs is 1. The van der Waals surface area contributed by atoms with Gasteiger partial charge in [0, 0.05) is 47.5 Å². The summed E-state index contributed by atoms with van der Waals surface area (Å²) in [5, 5.41) is 28.3. The molecule has 1 atom stereocenters. The Morgan fingerprint density at radius 3 is 2.41 bits per heavy atom. The van der Waals surface area contributed by atoms with Crippen LogP contribution in [0, 0.1) is 18.3 Å². The summed E-state index contributed by atoms with van der Waals surface area (Å²) in [5.74, 6) is 0. The van der Waals surface area contributed by atoms with Crippen LogP contribution < -0.4 is 10.6 Å². The van der Waals surface area contributed by atoms with Gasteiger partial charge in [-0.15, -0.1) is 5.10 Å². The first kappa shape index (κ1) is 31.8. The molecule has 0 bridgehead atoms. The van der Waals surface area contributed by atoms with Crippen LogP contribution in [-0.4, -0.2) is 43.5 Å². The summed E-state index contributed by atoms with van der Waals surface area (Å²) in [4.78, 5) is 7.06. The molecule has 1 saturated heterocycles. The van der Waals surface area contributed by atoms with Gasteiger partial charge in [-0.2, -0.15) is 5.26 Å². The van der Waals surface area contributed by atoms with E-state index in [1.807, 2.05) is 41.1 Å². The average Bonchev–Trinajstić information content (AvgIpc) is 3.53. The standard InChI is InChI=1S/C36H38Cl2N8/c1-23-5-7-24(8-6-23)20-40-33-26(19-39)21-41-35-30(33)17-28(18-31(35)38)42-34(25-9-11-27(37)12-10-25)32-22-46(44-43-32)29-13-15-45(16-14-29)36(2,3)4/h5-12,17-18,21-22,29,34,42H,13-16,20H2,1-4H3,(H,40,41). The Morgan fingerprint density at radius 1 is 1.02 bits per heavy atom. The topological polar surface area (TPSA) is 94.7 Å². The zero-order valence-electron chi connectivity index (χ0n) is 26.6. The van der Waals surface area contributed by atoms with Crippen molar-refractivity contribution in [3.8, 4) is 6.07 Å². The van der Waals surface area contributed by atoms with Crippen molar-refractivity contribution in [2.24, 2.45) is 0 Å². The molecule has 2 aromatic heterocycles. The molecule has 10 heteroatoms. The number of rotatable bonds is 8. The van der Waals surface area contributed by atoms with Crippen LogP contribution in [0.1, 0.15) is 73.6 Å². The molecule has 46 heavy (non-hydrogen) atoms. The number of nitriles is 1. The fourth-order valence-electron chi connectivity index (χ4n) is 6.07. The van der Waals surface area contributed by atoms with E-state index in [0.717, 1.165) is 53.8 Å². The maximum absolute atomic E-state index is 9.97. The number of benzene rings is 3. The summed E-state index contributed by atoms with van der Waals surface area (Å²) >= 11 is 13.1. The van der Waals surface area contributed by atoms with Crippen molar-refractivity contribution in [2.75, 3.05) is 23.7 Å². The molecule has 0 spiro atoms. The molecule has 0 aliphatic carbocycles. The molecule has 2 N–H and O–H groups in total. The Labute approximate surface area is 280 Å². The van der Waals surface area contributed by atoms with E-state index in [0.29, 0.717) is 39.4 Å². The zero-order chi connectivity index (χ0) is 32.4. The molecule has 8 nitrogen and oxygen atoms in total. The van der Waals surface area contributed by atoms with Gasteiger partial charge in [0.2, 0.25) is 0 Å². The molecular formula is C36H38Cl2N8. The molecule has 5 aromatic rings. The van der Waals surface area contributed by atoms with Gasteiger partial charge in [-0.25, -0.2) is 4.68 Å². The molecule has 6 rings (SSSR count). The highest BCUT2D eigenvalue weighted by atomic mass is 35.5. The molecule has 0 amide bonds. The molecule has 236 valence electrons. The van der Waals surface area contributed by atoms with Crippen molar-refractivity contribution in [2.45, 2.75) is 64.7 Å². The van der Waals surface area contributed by atoms with Crippen LogP contribution in [0.4, 0.5) is 11.4 Å². The fourth-order valence-corrected chi connectivity index (χ4v) is 6.46. The van der Waals surface area contributed by atoms with Crippen LogP contribution in [0.15, 0.2) is 73.1 Å². The Kier molecular flexibility index (Phi) is 9.19. The van der Waals surface area contributed by atoms with Gasteiger partial charge in [0.05, 0.1) is 40.1 Å². The normalized spacial score (nSPS) is 15.1. The summed E-state index contributed by atoms with van der Waals surface area (Å²) < 4.78 is 2.02. The largest absolute Gasteiger partial charge is 0.379 e. The van der Waals surface area contributed by atoms with Crippen LogP contribution in [0.3, 0.4) is 0 Å². The molecule has 0 radical (unpaired) electrons. The first-order valence-corrected chi connectivity index (χ1v) is 16.3. The third kappa shape index (κ3) is 6.97. The van der Waals surface area contributed by atoms with E-state index in [-0.39, 0.29) is 11.6 Å². The van der Waals surface area contributed by atoms with Crippen molar-refractivity contribution in [1.82, 2.24) is 24.9 Å². The minimum atomic E-state index is -0.328. The van der Waals surface area contributed by atoms with Crippen molar-refractivity contribution in [3.63, 3.8) is 0 Å². The van der Waals surface area contributed by atoms with Gasteiger partial charge in [-0.05, 0) is 75.9 Å². The number of anilines is 2. The third-order valence-electron chi connectivity index (χ3n) is 8.76. The van der Waals surface area contributed by atoms with Gasteiger partial charge in [-0.1, -0.05) is 70.4 Å². The second-order valence-corrected chi connectivity index (χ2v) is 13.8. The van der Waals surface area contributed by atoms with E-state index < -0.39 is 0 Å². The average molecular weight is 654 g/mol. The van der Waals surface area contributed by atoms with Gasteiger partial charge in [0.25, 0.3) is 0 Å². The number of hydrogen-bond acceptors (Lipinski definition) is 7. The molecule has 1 unspecified atom stereocenters. The molecule has 3 aromatic carbocycles. The predicted molar refractivity (Wildman–Crippen MR) is 187 cm³/mol. The molecule has 1 aliphatic rings. The Hall–Kier alpha value is -4.16. The van der Waals surface area contributed by atoms with E-state index in [9.17, 15) is 5.26 Å². The van der Waals surface area contributed by atoms with Gasteiger partial charge in [0.15, 0.2) is 0 Å². The van der Waals surface area contributed by atoms with Crippen molar-refractivity contribution < 1.29 is 0 Å². The summed E-state index contributed by atoms with van der Waals surface area (Å²) in [6, 6.07) is 22.2. The lowest BCUT2D eigenvalue weighted by Crippen LogP contribution is -2.46. The number of halogens is 2. The lowest BCUT2D eigenvalue weighted by atomic mass is 9.98. The molecule has 3 heterocycles. The number of nitrogens with one attached hydrogen (secondary N) is 2. The van der Waals surface area contributed by atoms with E-state index in [4.69, 9.17) is 23.2 Å². The number of piperidine rings is 1. The molecule has 1 fully saturated rings. The van der Waals surface area contributed by atoms with Crippen LogP contribution in [-0.2, 0) is 6.54 Å². The third-order valence-corrected chi connectivity index (χ3v) is 9.30. The summed E-state index contributed by atoms with van der Waals surface area (Å²) in [6.07, 6.45) is 5.66. The zero-order valence-corrected chi connectivity index (χ0v) is 28.1. The number of likely N-dealkylation sites (tertiary alicyclic amines) is 1. The second kappa shape index (κ2) is 13.3. The SMILES string of the molecule is Cc1ccc(CNc2c(C#N)cnc3c(Cl)cc(NC(c4ccc(Cl)cc4)c4cn(C5CCN(C(C)(C)C)CC5)nn4)cc23)cc1. The monoisotopic (exact) mass is 652 g/mol. The smallest absolute Gasteiger partial charge is 0.109 e.